The van der Waals surface area contributed by atoms with Gasteiger partial charge in [-0.2, -0.15) is 9.83 Å². The lowest BCUT2D eigenvalue weighted by Gasteiger charge is -2.10. The topological polar surface area (TPSA) is 135 Å². The van der Waals surface area contributed by atoms with Gasteiger partial charge < -0.3 is 15.3 Å². The fraction of sp³-hybridized carbons (Fsp3) is 0.450. The number of amides is 2. The van der Waals surface area contributed by atoms with Crippen LogP contribution < -0.4 is 15.4 Å². The van der Waals surface area contributed by atoms with Crippen LogP contribution in [-0.2, 0) is 11.3 Å². The van der Waals surface area contributed by atoms with Gasteiger partial charge in [0, 0.05) is 19.2 Å². The largest absolute Gasteiger partial charge is 0.477 e. The Morgan fingerprint density at radius 3 is 2.80 bits per heavy atom. The van der Waals surface area contributed by atoms with Crippen molar-refractivity contribution in [3.63, 3.8) is 0 Å². The van der Waals surface area contributed by atoms with E-state index in [9.17, 15) is 19.5 Å². The molecule has 0 atom stereocenters. The van der Waals surface area contributed by atoms with E-state index in [1.165, 1.54) is 39.4 Å². The van der Waals surface area contributed by atoms with Crippen molar-refractivity contribution in [2.24, 2.45) is 5.92 Å². The predicted octanol–water partition coefficient (Wildman–Crippen LogP) is 0.164. The van der Waals surface area contributed by atoms with Crippen molar-refractivity contribution in [3.8, 4) is 11.9 Å². The summed E-state index contributed by atoms with van der Waals surface area (Å²) in [6, 6.07) is 1.93. The Hall–Kier alpha value is -3.61. The van der Waals surface area contributed by atoms with Crippen LogP contribution in [0.25, 0.3) is 11.7 Å². The molecule has 2 aromatic heterocycles. The summed E-state index contributed by atoms with van der Waals surface area (Å²) in [7, 11) is 1.51. The standard InChI is InChI=1S/C20H24N6O4/c1-12(2)11-25-18-13(4-7-15(27)24(3)9-8-21)10-22-26(18)20(30)16(19(25)29)17(28)23-14-5-6-14/h4,7,10,12,14H,5-6,9,11H2,1-3H3,(H2,23,28,29,30)/p+1/b7-4+. The number of aromatic hydroxyl groups is 1. The molecular weight excluding hydrogens is 388 g/mol. The van der Waals surface area contributed by atoms with Gasteiger partial charge in [-0.25, -0.2) is 9.89 Å². The molecule has 0 spiro atoms. The average molecular weight is 413 g/mol. The van der Waals surface area contributed by atoms with E-state index in [1.54, 1.807) is 0 Å². The number of carbonyl (C=O) groups is 2. The average Bonchev–Trinajstić information content (AvgIpc) is 3.39. The molecule has 1 saturated carbocycles. The maximum Gasteiger partial charge on any atom is 0.378 e. The molecule has 0 radical (unpaired) electrons. The van der Waals surface area contributed by atoms with E-state index in [-0.39, 0.29) is 30.0 Å². The van der Waals surface area contributed by atoms with Crippen LogP contribution in [0.3, 0.4) is 0 Å². The number of rotatable bonds is 7. The first kappa shape index (κ1) is 21.1. The van der Waals surface area contributed by atoms with Crippen LogP contribution in [0.2, 0.25) is 0 Å². The van der Waals surface area contributed by atoms with Gasteiger partial charge in [0.2, 0.25) is 11.5 Å². The molecule has 10 nitrogen and oxygen atoms in total. The summed E-state index contributed by atoms with van der Waals surface area (Å²) in [6.07, 6.45) is 6.02. The zero-order valence-electron chi connectivity index (χ0n) is 17.2. The molecule has 3 N–H and O–H groups in total. The van der Waals surface area contributed by atoms with Gasteiger partial charge in [-0.3, -0.25) is 9.59 Å². The third-order valence-electron chi connectivity index (χ3n) is 4.75. The Morgan fingerprint density at radius 1 is 1.50 bits per heavy atom. The highest BCUT2D eigenvalue weighted by Gasteiger charge is 2.34. The van der Waals surface area contributed by atoms with Gasteiger partial charge in [-0.1, -0.05) is 18.4 Å². The minimum atomic E-state index is -0.673. The molecule has 158 valence electrons. The fourth-order valence-corrected chi connectivity index (χ4v) is 3.08. The highest BCUT2D eigenvalue weighted by molar-refractivity contribution is 5.96. The summed E-state index contributed by atoms with van der Waals surface area (Å²) < 4.78 is 2.68. The number of nitrogens with one attached hydrogen (secondary N) is 2. The molecule has 0 unspecified atom stereocenters. The molecule has 2 amide bonds. The minimum Gasteiger partial charge on any atom is -0.477 e. The molecule has 1 fully saturated rings. The van der Waals surface area contributed by atoms with E-state index in [4.69, 9.17) is 5.26 Å². The minimum absolute atomic E-state index is 0.0362. The normalized spacial score (nSPS) is 13.7. The second-order valence-electron chi connectivity index (χ2n) is 7.83. The number of hydrogen-bond acceptors (Lipinski definition) is 5. The van der Waals surface area contributed by atoms with E-state index in [1.807, 2.05) is 19.9 Å². The summed E-state index contributed by atoms with van der Waals surface area (Å²) in [4.78, 5) is 38.9. The van der Waals surface area contributed by atoms with Crippen molar-refractivity contribution in [1.29, 1.82) is 5.26 Å². The van der Waals surface area contributed by atoms with Crippen molar-refractivity contribution in [2.45, 2.75) is 39.3 Å². The quantitative estimate of drug-likeness (QED) is 0.338. The Kier molecular flexibility index (Phi) is 5.91. The molecule has 1 aliphatic rings. The molecule has 3 rings (SSSR count). The van der Waals surface area contributed by atoms with Crippen LogP contribution in [0.15, 0.2) is 17.1 Å². The summed E-state index contributed by atoms with van der Waals surface area (Å²) in [5, 5.41) is 25.1. The number of nitriles is 1. The van der Waals surface area contributed by atoms with Crippen LogP contribution in [0.4, 0.5) is 0 Å². The number of H-pyrrole nitrogens is 1. The number of aromatic amines is 1. The second kappa shape index (κ2) is 8.41. The van der Waals surface area contributed by atoms with Gasteiger partial charge in [-0.05, 0) is 24.8 Å². The van der Waals surface area contributed by atoms with Crippen molar-refractivity contribution in [1.82, 2.24) is 19.8 Å². The Bertz CT molecular complexity index is 1120. The first-order valence-electron chi connectivity index (χ1n) is 9.74. The number of carbonyl (C=O) groups excluding carboxylic acids is 2. The molecule has 0 saturated heterocycles. The van der Waals surface area contributed by atoms with Crippen molar-refractivity contribution in [3.05, 3.63) is 33.8 Å². The lowest BCUT2D eigenvalue weighted by molar-refractivity contribution is -0.686. The zero-order valence-corrected chi connectivity index (χ0v) is 17.2. The van der Waals surface area contributed by atoms with Crippen LogP contribution in [0.5, 0.6) is 5.88 Å². The molecule has 0 bridgehead atoms. The van der Waals surface area contributed by atoms with Crippen LogP contribution >= 0.6 is 0 Å². The maximum atomic E-state index is 12.9. The second-order valence-corrected chi connectivity index (χ2v) is 7.83. The number of likely N-dealkylation sites (N-methyl/N-ethyl adjacent to an activating group) is 1. The van der Waals surface area contributed by atoms with Crippen molar-refractivity contribution in [2.75, 3.05) is 13.6 Å². The SMILES string of the molecule is CC(C)C[n+]1c(O)c(C(=O)NC2CC2)c(=O)n2[nH]cc(/C=C/C(=O)N(C)CC#N)c21. The van der Waals surface area contributed by atoms with Gasteiger partial charge in [0.15, 0.2) is 0 Å². The number of nitrogens with zero attached hydrogens (tertiary/aromatic N) is 4. The number of aromatic nitrogens is 3. The van der Waals surface area contributed by atoms with E-state index in [0.29, 0.717) is 17.8 Å². The molecule has 0 aliphatic heterocycles. The summed E-state index contributed by atoms with van der Waals surface area (Å²) in [6.45, 7) is 4.19. The Balaban J connectivity index is 2.11. The summed E-state index contributed by atoms with van der Waals surface area (Å²) in [5.74, 6) is -1.28. The molecule has 30 heavy (non-hydrogen) atoms. The van der Waals surface area contributed by atoms with E-state index >= 15 is 0 Å². The third-order valence-corrected chi connectivity index (χ3v) is 4.75. The van der Waals surface area contributed by atoms with Gasteiger partial charge in [-0.15, -0.1) is 0 Å². The van der Waals surface area contributed by atoms with Gasteiger partial charge in [0.05, 0.1) is 24.4 Å². The summed E-state index contributed by atoms with van der Waals surface area (Å²) >= 11 is 0. The highest BCUT2D eigenvalue weighted by Crippen LogP contribution is 2.21. The Morgan fingerprint density at radius 2 is 2.20 bits per heavy atom. The van der Waals surface area contributed by atoms with Crippen LogP contribution in [0.1, 0.15) is 42.6 Å². The van der Waals surface area contributed by atoms with Gasteiger partial charge >= 0.3 is 17.1 Å². The molecule has 10 heteroatoms. The monoisotopic (exact) mass is 413 g/mol. The van der Waals surface area contributed by atoms with Crippen LogP contribution in [-0.4, -0.2) is 51.1 Å². The Labute approximate surface area is 173 Å². The lowest BCUT2D eigenvalue weighted by atomic mass is 10.2. The first-order valence-corrected chi connectivity index (χ1v) is 9.74. The zero-order chi connectivity index (χ0) is 22.0. The maximum absolute atomic E-state index is 12.9. The molecule has 2 aromatic rings. The lowest BCUT2D eigenvalue weighted by Crippen LogP contribution is -2.46. The van der Waals surface area contributed by atoms with E-state index < -0.39 is 17.3 Å². The van der Waals surface area contributed by atoms with Crippen LogP contribution in [0, 0.1) is 17.2 Å². The molecule has 2 heterocycles. The van der Waals surface area contributed by atoms with Gasteiger partial charge in [0.25, 0.3) is 5.91 Å². The summed E-state index contributed by atoms with van der Waals surface area (Å²) in [5.41, 5.74) is -0.174. The fourth-order valence-electron chi connectivity index (χ4n) is 3.08. The van der Waals surface area contributed by atoms with Crippen molar-refractivity contribution < 1.29 is 19.3 Å². The highest BCUT2D eigenvalue weighted by atomic mass is 16.3. The first-order chi connectivity index (χ1) is 14.2. The smallest absolute Gasteiger partial charge is 0.378 e. The van der Waals surface area contributed by atoms with Crippen molar-refractivity contribution >= 4 is 23.5 Å². The number of fused-ring (bicyclic) bond motifs is 1. The molecular formula is C20H25N6O4+. The molecule has 0 aromatic carbocycles. The van der Waals surface area contributed by atoms with Gasteiger partial charge in [0.1, 0.15) is 6.54 Å². The third kappa shape index (κ3) is 4.20. The van der Waals surface area contributed by atoms with E-state index in [2.05, 4.69) is 10.4 Å². The van der Waals surface area contributed by atoms with E-state index in [0.717, 1.165) is 12.8 Å². The molecule has 1 aliphatic carbocycles. The predicted molar refractivity (Wildman–Crippen MR) is 107 cm³/mol. The number of hydrogen-bond donors (Lipinski definition) is 3.